The van der Waals surface area contributed by atoms with E-state index in [1.54, 1.807) is 53.9 Å². The molecule has 1 saturated heterocycles. The third kappa shape index (κ3) is 4.20. The van der Waals surface area contributed by atoms with Gasteiger partial charge in [0.2, 0.25) is 5.91 Å². The SMILES string of the molecule is Cc1ccc(-c2nc(CC(=O)NN3C(=O)NC(c4ccccc4)(c4ccccc4)C3=O)cs2)cc1. The minimum Gasteiger partial charge on any atom is -0.314 e. The molecule has 1 aromatic heterocycles. The quantitative estimate of drug-likeness (QED) is 0.403. The predicted molar refractivity (Wildman–Crippen MR) is 133 cm³/mol. The number of hydrogen-bond donors (Lipinski definition) is 2. The van der Waals surface area contributed by atoms with Gasteiger partial charge in [-0.15, -0.1) is 11.3 Å². The fourth-order valence-corrected chi connectivity index (χ4v) is 4.94. The van der Waals surface area contributed by atoms with E-state index in [1.807, 2.05) is 43.3 Å². The Morgan fingerprint density at radius 1 is 0.943 bits per heavy atom. The van der Waals surface area contributed by atoms with Crippen LogP contribution in [-0.2, 0) is 21.5 Å². The highest BCUT2D eigenvalue weighted by Gasteiger charge is 2.54. The normalized spacial score (nSPS) is 14.6. The molecule has 0 saturated carbocycles. The molecule has 35 heavy (non-hydrogen) atoms. The standard InChI is InChI=1S/C27H22N4O3S/c1-18-12-14-19(15-13-18)24-28-22(17-35-24)16-23(32)30-31-25(33)27(29-26(31)34,20-8-4-2-5-9-20)21-10-6-3-7-11-21/h2-15,17H,16H2,1H3,(H,29,34)(H,30,32). The minimum atomic E-state index is -1.44. The van der Waals surface area contributed by atoms with Crippen LogP contribution in [-0.4, -0.2) is 27.8 Å². The Kier molecular flexibility index (Phi) is 5.88. The molecule has 0 bridgehead atoms. The van der Waals surface area contributed by atoms with E-state index in [1.165, 1.54) is 11.3 Å². The van der Waals surface area contributed by atoms with Crippen LogP contribution >= 0.6 is 11.3 Å². The van der Waals surface area contributed by atoms with Gasteiger partial charge in [-0.2, -0.15) is 5.01 Å². The van der Waals surface area contributed by atoms with E-state index < -0.39 is 23.4 Å². The fraction of sp³-hybridized carbons (Fsp3) is 0.111. The van der Waals surface area contributed by atoms with Crippen molar-refractivity contribution in [3.05, 3.63) is 113 Å². The summed E-state index contributed by atoms with van der Waals surface area (Å²) in [5, 5.41) is 6.17. The molecular weight excluding hydrogens is 460 g/mol. The molecule has 3 aromatic carbocycles. The second kappa shape index (κ2) is 9.15. The zero-order valence-electron chi connectivity index (χ0n) is 18.9. The number of carbonyl (C=O) groups excluding carboxylic acids is 3. The smallest absolute Gasteiger partial charge is 0.314 e. The molecule has 1 aliphatic rings. The van der Waals surface area contributed by atoms with Crippen LogP contribution in [0.5, 0.6) is 0 Å². The highest BCUT2D eigenvalue weighted by Crippen LogP contribution is 2.35. The molecule has 7 nitrogen and oxygen atoms in total. The predicted octanol–water partition coefficient (Wildman–Crippen LogP) is 4.19. The van der Waals surface area contributed by atoms with E-state index in [4.69, 9.17) is 0 Å². The number of nitrogens with zero attached hydrogens (tertiary/aromatic N) is 2. The first kappa shape index (κ1) is 22.5. The van der Waals surface area contributed by atoms with E-state index in [0.29, 0.717) is 16.8 Å². The monoisotopic (exact) mass is 482 g/mol. The molecule has 0 radical (unpaired) electrons. The molecule has 1 aliphatic heterocycles. The molecule has 0 unspecified atom stereocenters. The Labute approximate surface area is 206 Å². The topological polar surface area (TPSA) is 91.4 Å². The Hall–Kier alpha value is -4.30. The van der Waals surface area contributed by atoms with Crippen LogP contribution in [0.4, 0.5) is 4.79 Å². The van der Waals surface area contributed by atoms with E-state index >= 15 is 0 Å². The lowest BCUT2D eigenvalue weighted by atomic mass is 9.83. The highest BCUT2D eigenvalue weighted by molar-refractivity contribution is 7.13. The van der Waals surface area contributed by atoms with Crippen LogP contribution < -0.4 is 10.7 Å². The number of aryl methyl sites for hydroxylation is 1. The van der Waals surface area contributed by atoms with Crippen molar-refractivity contribution in [1.82, 2.24) is 20.7 Å². The second-order valence-electron chi connectivity index (χ2n) is 8.27. The second-order valence-corrected chi connectivity index (χ2v) is 9.13. The van der Waals surface area contributed by atoms with Crippen LogP contribution in [0.25, 0.3) is 10.6 Å². The van der Waals surface area contributed by atoms with E-state index in [9.17, 15) is 14.4 Å². The van der Waals surface area contributed by atoms with Crippen LogP contribution in [0.2, 0.25) is 0 Å². The number of imide groups is 1. The number of carbonyl (C=O) groups is 3. The first-order chi connectivity index (χ1) is 17.0. The van der Waals surface area contributed by atoms with Gasteiger partial charge in [0.05, 0.1) is 12.1 Å². The lowest BCUT2D eigenvalue weighted by Crippen LogP contribution is -2.49. The molecule has 0 atom stereocenters. The average Bonchev–Trinajstić information content (AvgIpc) is 3.44. The summed E-state index contributed by atoms with van der Waals surface area (Å²) < 4.78 is 0. The van der Waals surface area contributed by atoms with E-state index in [2.05, 4.69) is 15.7 Å². The van der Waals surface area contributed by atoms with Crippen LogP contribution in [0.3, 0.4) is 0 Å². The van der Waals surface area contributed by atoms with Gasteiger partial charge in [-0.25, -0.2) is 9.78 Å². The first-order valence-electron chi connectivity index (χ1n) is 11.1. The van der Waals surface area contributed by atoms with Gasteiger partial charge in [-0.05, 0) is 18.1 Å². The third-order valence-corrected chi connectivity index (χ3v) is 6.80. The van der Waals surface area contributed by atoms with Gasteiger partial charge in [0.25, 0.3) is 5.91 Å². The number of amides is 4. The summed E-state index contributed by atoms with van der Waals surface area (Å²) in [6, 6.07) is 25.3. The maximum absolute atomic E-state index is 13.7. The van der Waals surface area contributed by atoms with Gasteiger partial charge in [0.15, 0.2) is 5.54 Å². The molecule has 5 rings (SSSR count). The largest absolute Gasteiger partial charge is 0.344 e. The Balaban J connectivity index is 1.36. The van der Waals surface area contributed by atoms with Gasteiger partial charge >= 0.3 is 6.03 Å². The third-order valence-electron chi connectivity index (χ3n) is 5.86. The summed E-state index contributed by atoms with van der Waals surface area (Å²) >= 11 is 1.44. The van der Waals surface area contributed by atoms with Crippen molar-refractivity contribution in [3.8, 4) is 10.6 Å². The Morgan fingerprint density at radius 2 is 1.54 bits per heavy atom. The van der Waals surface area contributed by atoms with Crippen molar-refractivity contribution < 1.29 is 14.4 Å². The van der Waals surface area contributed by atoms with Crippen molar-refractivity contribution in [2.24, 2.45) is 0 Å². The molecule has 8 heteroatoms. The number of hydrogen-bond acceptors (Lipinski definition) is 5. The number of rotatable bonds is 6. The lowest BCUT2D eigenvalue weighted by molar-refractivity contribution is -0.138. The molecule has 2 heterocycles. The van der Waals surface area contributed by atoms with Crippen molar-refractivity contribution in [2.45, 2.75) is 18.9 Å². The number of thiazole rings is 1. The van der Waals surface area contributed by atoms with Crippen molar-refractivity contribution >= 4 is 29.2 Å². The van der Waals surface area contributed by atoms with Crippen molar-refractivity contribution in [1.29, 1.82) is 0 Å². The maximum Gasteiger partial charge on any atom is 0.344 e. The summed E-state index contributed by atoms with van der Waals surface area (Å²) in [7, 11) is 0. The van der Waals surface area contributed by atoms with Crippen LogP contribution in [0.15, 0.2) is 90.3 Å². The number of hydrazine groups is 1. The Bertz CT molecular complexity index is 1350. The lowest BCUT2D eigenvalue weighted by Gasteiger charge is -2.27. The fourth-order valence-electron chi connectivity index (χ4n) is 4.11. The summed E-state index contributed by atoms with van der Waals surface area (Å²) in [5.41, 5.74) is 4.92. The minimum absolute atomic E-state index is 0.0664. The van der Waals surface area contributed by atoms with Crippen molar-refractivity contribution in [3.63, 3.8) is 0 Å². The number of nitrogens with one attached hydrogen (secondary N) is 2. The molecule has 4 amide bonds. The van der Waals surface area contributed by atoms with Crippen LogP contribution in [0, 0.1) is 6.92 Å². The number of benzene rings is 3. The van der Waals surface area contributed by atoms with E-state index in [0.717, 1.165) is 21.1 Å². The maximum atomic E-state index is 13.7. The molecule has 0 aliphatic carbocycles. The van der Waals surface area contributed by atoms with Gasteiger partial charge in [0, 0.05) is 10.9 Å². The average molecular weight is 483 g/mol. The van der Waals surface area contributed by atoms with Gasteiger partial charge < -0.3 is 5.32 Å². The van der Waals surface area contributed by atoms with Gasteiger partial charge in [0.1, 0.15) is 5.01 Å². The number of aromatic nitrogens is 1. The summed E-state index contributed by atoms with van der Waals surface area (Å²) in [6.45, 7) is 2.02. The molecular formula is C27H22N4O3S. The van der Waals surface area contributed by atoms with Crippen LogP contribution in [0.1, 0.15) is 22.4 Å². The molecule has 174 valence electrons. The van der Waals surface area contributed by atoms with Crippen molar-refractivity contribution in [2.75, 3.05) is 0 Å². The number of urea groups is 1. The van der Waals surface area contributed by atoms with Gasteiger partial charge in [-0.3, -0.25) is 15.0 Å². The van der Waals surface area contributed by atoms with E-state index in [-0.39, 0.29) is 6.42 Å². The Morgan fingerprint density at radius 3 is 2.14 bits per heavy atom. The summed E-state index contributed by atoms with van der Waals surface area (Å²) in [5.74, 6) is -1.09. The zero-order chi connectivity index (χ0) is 24.4. The zero-order valence-corrected chi connectivity index (χ0v) is 19.7. The molecule has 4 aromatic rings. The summed E-state index contributed by atoms with van der Waals surface area (Å²) in [6.07, 6.45) is -0.0664. The van der Waals surface area contributed by atoms with Gasteiger partial charge in [-0.1, -0.05) is 90.5 Å². The molecule has 1 fully saturated rings. The molecule has 0 spiro atoms. The molecule has 2 N–H and O–H groups in total. The summed E-state index contributed by atoms with van der Waals surface area (Å²) in [4.78, 5) is 43.9. The highest BCUT2D eigenvalue weighted by atomic mass is 32.1. The first-order valence-corrected chi connectivity index (χ1v) is 11.9.